The molecule has 30 heavy (non-hydrogen) atoms. The van der Waals surface area contributed by atoms with Crippen LogP contribution in [0.4, 0.5) is 11.5 Å². The lowest BCUT2D eigenvalue weighted by Crippen LogP contribution is -2.01. The summed E-state index contributed by atoms with van der Waals surface area (Å²) in [6.07, 6.45) is 2.77. The van der Waals surface area contributed by atoms with Gasteiger partial charge in [0.2, 0.25) is 0 Å². The molecule has 2 aromatic carbocycles. The van der Waals surface area contributed by atoms with Crippen molar-refractivity contribution in [3.63, 3.8) is 0 Å². The molecule has 0 bridgehead atoms. The van der Waals surface area contributed by atoms with E-state index in [1.54, 1.807) is 6.21 Å². The van der Waals surface area contributed by atoms with E-state index in [1.165, 1.54) is 18.3 Å². The highest BCUT2D eigenvalue weighted by Gasteiger charge is 2.07. The number of benzene rings is 2. The molecular formula is C21H19BrN4O4. The second-order valence-corrected chi connectivity index (χ2v) is 7.00. The first kappa shape index (κ1) is 21.3. The molecule has 0 aliphatic rings. The maximum absolute atomic E-state index is 10.7. The molecule has 0 aliphatic carbocycles. The number of ether oxygens (including phenoxy) is 2. The summed E-state index contributed by atoms with van der Waals surface area (Å²) in [5.74, 6) is 1.66. The Kier molecular flexibility index (Phi) is 7.34. The van der Waals surface area contributed by atoms with Crippen molar-refractivity contribution < 1.29 is 14.4 Å². The van der Waals surface area contributed by atoms with Gasteiger partial charge in [0, 0.05) is 10.5 Å². The van der Waals surface area contributed by atoms with Crippen LogP contribution in [0.5, 0.6) is 11.5 Å². The Bertz CT molecular complexity index is 1020. The van der Waals surface area contributed by atoms with Crippen LogP contribution in [0.25, 0.3) is 0 Å². The first-order chi connectivity index (χ1) is 14.5. The van der Waals surface area contributed by atoms with Crippen molar-refractivity contribution in [2.75, 3.05) is 12.0 Å². The largest absolute Gasteiger partial charge is 0.490 e. The van der Waals surface area contributed by atoms with Crippen LogP contribution in [0.1, 0.15) is 18.1 Å². The zero-order valence-electron chi connectivity index (χ0n) is 16.1. The van der Waals surface area contributed by atoms with Gasteiger partial charge in [-0.15, -0.1) is 0 Å². The third-order valence-corrected chi connectivity index (χ3v) is 4.46. The molecule has 1 aromatic heterocycles. The predicted octanol–water partition coefficient (Wildman–Crippen LogP) is 5.18. The van der Waals surface area contributed by atoms with Gasteiger partial charge in [-0.05, 0) is 54.4 Å². The molecule has 0 atom stereocenters. The summed E-state index contributed by atoms with van der Waals surface area (Å²) >= 11 is 3.42. The van der Waals surface area contributed by atoms with E-state index in [1.807, 2.05) is 49.4 Å². The van der Waals surface area contributed by atoms with E-state index in [-0.39, 0.29) is 5.69 Å². The van der Waals surface area contributed by atoms with Crippen molar-refractivity contribution in [1.29, 1.82) is 0 Å². The maximum Gasteiger partial charge on any atom is 0.287 e. The molecule has 1 heterocycles. The molecule has 154 valence electrons. The van der Waals surface area contributed by atoms with Crippen molar-refractivity contribution in [3.05, 3.63) is 86.5 Å². The van der Waals surface area contributed by atoms with E-state index < -0.39 is 4.92 Å². The molecule has 9 heteroatoms. The molecule has 0 saturated carbocycles. The Morgan fingerprint density at radius 2 is 1.93 bits per heavy atom. The number of aromatic nitrogens is 1. The quantitative estimate of drug-likeness (QED) is 0.263. The number of hydrazone groups is 1. The van der Waals surface area contributed by atoms with Crippen LogP contribution in [0, 0.1) is 10.1 Å². The van der Waals surface area contributed by atoms with Gasteiger partial charge in [0.1, 0.15) is 18.6 Å². The SMILES string of the molecule is CCOc1cc(/C=N/Nc2ccc([N+](=O)[O-])cn2)ccc1OCc1ccc(Br)cc1. The van der Waals surface area contributed by atoms with Gasteiger partial charge in [-0.3, -0.25) is 15.5 Å². The topological polar surface area (TPSA) is 98.9 Å². The van der Waals surface area contributed by atoms with Gasteiger partial charge in [-0.2, -0.15) is 5.10 Å². The number of hydrogen-bond donors (Lipinski definition) is 1. The van der Waals surface area contributed by atoms with Gasteiger partial charge in [-0.25, -0.2) is 4.98 Å². The molecule has 0 amide bonds. The first-order valence-corrected chi connectivity index (χ1v) is 9.88. The van der Waals surface area contributed by atoms with Crippen LogP contribution < -0.4 is 14.9 Å². The van der Waals surface area contributed by atoms with E-state index in [0.29, 0.717) is 30.5 Å². The summed E-state index contributed by atoms with van der Waals surface area (Å²) in [6, 6.07) is 16.3. The lowest BCUT2D eigenvalue weighted by Gasteiger charge is -2.12. The second kappa shape index (κ2) is 10.4. The Hall–Kier alpha value is -3.46. The number of nitrogens with one attached hydrogen (secondary N) is 1. The number of anilines is 1. The maximum atomic E-state index is 10.7. The predicted molar refractivity (Wildman–Crippen MR) is 118 cm³/mol. The molecule has 3 aromatic rings. The van der Waals surface area contributed by atoms with E-state index in [2.05, 4.69) is 31.4 Å². The third kappa shape index (κ3) is 6.02. The smallest absolute Gasteiger partial charge is 0.287 e. The Morgan fingerprint density at radius 3 is 2.60 bits per heavy atom. The van der Waals surface area contributed by atoms with E-state index in [9.17, 15) is 10.1 Å². The van der Waals surface area contributed by atoms with Gasteiger partial charge in [0.15, 0.2) is 11.5 Å². The molecule has 0 unspecified atom stereocenters. The number of halogens is 1. The van der Waals surface area contributed by atoms with Gasteiger partial charge in [0.25, 0.3) is 5.69 Å². The molecule has 0 spiro atoms. The number of nitro groups is 1. The fraction of sp³-hybridized carbons (Fsp3) is 0.143. The van der Waals surface area contributed by atoms with Crippen LogP contribution in [0.3, 0.4) is 0 Å². The molecule has 3 rings (SSSR count). The van der Waals surface area contributed by atoms with Gasteiger partial charge in [-0.1, -0.05) is 28.1 Å². The summed E-state index contributed by atoms with van der Waals surface area (Å²) in [5, 5.41) is 14.8. The summed E-state index contributed by atoms with van der Waals surface area (Å²) in [5.41, 5.74) is 4.50. The van der Waals surface area contributed by atoms with Crippen molar-refractivity contribution in [3.8, 4) is 11.5 Å². The number of hydrogen-bond acceptors (Lipinski definition) is 7. The van der Waals surface area contributed by atoms with Crippen molar-refractivity contribution in [2.24, 2.45) is 5.10 Å². The van der Waals surface area contributed by atoms with Crippen molar-refractivity contribution in [2.45, 2.75) is 13.5 Å². The van der Waals surface area contributed by atoms with E-state index in [0.717, 1.165) is 15.6 Å². The molecule has 1 N–H and O–H groups in total. The molecule has 8 nitrogen and oxygen atoms in total. The normalized spacial score (nSPS) is 10.7. The highest BCUT2D eigenvalue weighted by atomic mass is 79.9. The summed E-state index contributed by atoms with van der Waals surface area (Å²) in [7, 11) is 0. The molecule has 0 aliphatic heterocycles. The number of nitrogens with zero attached hydrogens (tertiary/aromatic N) is 3. The summed E-state index contributed by atoms with van der Waals surface area (Å²) in [4.78, 5) is 14.1. The van der Waals surface area contributed by atoms with Gasteiger partial charge in [0.05, 0.1) is 17.7 Å². The standard InChI is InChI=1S/C21H19BrN4O4/c1-2-29-20-11-16(12-24-25-21-10-8-18(13-23-21)26(27)28)5-9-19(20)30-14-15-3-6-17(22)7-4-15/h3-13H,2,14H2,1H3,(H,23,25)/b24-12+. The minimum absolute atomic E-state index is 0.0791. The van der Waals surface area contributed by atoms with Crippen LogP contribution in [0.15, 0.2) is 70.4 Å². The van der Waals surface area contributed by atoms with Crippen molar-refractivity contribution >= 4 is 33.6 Å². The Balaban J connectivity index is 1.65. The van der Waals surface area contributed by atoms with E-state index >= 15 is 0 Å². The Morgan fingerprint density at radius 1 is 1.13 bits per heavy atom. The summed E-state index contributed by atoms with van der Waals surface area (Å²) < 4.78 is 12.6. The summed E-state index contributed by atoms with van der Waals surface area (Å²) in [6.45, 7) is 2.83. The highest BCUT2D eigenvalue weighted by Crippen LogP contribution is 2.29. The molecule has 0 saturated heterocycles. The fourth-order valence-electron chi connectivity index (χ4n) is 2.47. The average Bonchev–Trinajstić information content (AvgIpc) is 2.75. The van der Waals surface area contributed by atoms with Crippen LogP contribution in [-0.2, 0) is 6.61 Å². The molecule has 0 radical (unpaired) electrons. The zero-order chi connectivity index (χ0) is 21.3. The first-order valence-electron chi connectivity index (χ1n) is 9.09. The van der Waals surface area contributed by atoms with Crippen molar-refractivity contribution in [1.82, 2.24) is 4.98 Å². The molecular weight excluding hydrogens is 452 g/mol. The number of rotatable bonds is 9. The van der Waals surface area contributed by atoms with Crippen LogP contribution in [0.2, 0.25) is 0 Å². The Labute approximate surface area is 181 Å². The van der Waals surface area contributed by atoms with Gasteiger partial charge < -0.3 is 9.47 Å². The second-order valence-electron chi connectivity index (χ2n) is 6.08. The average molecular weight is 471 g/mol. The minimum Gasteiger partial charge on any atom is -0.490 e. The van der Waals surface area contributed by atoms with Crippen LogP contribution >= 0.6 is 15.9 Å². The highest BCUT2D eigenvalue weighted by molar-refractivity contribution is 9.10. The lowest BCUT2D eigenvalue weighted by atomic mass is 10.2. The number of pyridine rings is 1. The van der Waals surface area contributed by atoms with Gasteiger partial charge >= 0.3 is 0 Å². The van der Waals surface area contributed by atoms with Crippen LogP contribution in [-0.4, -0.2) is 22.7 Å². The fourth-order valence-corrected chi connectivity index (χ4v) is 2.73. The monoisotopic (exact) mass is 470 g/mol. The lowest BCUT2D eigenvalue weighted by molar-refractivity contribution is -0.385. The molecule has 0 fully saturated rings. The van der Waals surface area contributed by atoms with E-state index in [4.69, 9.17) is 9.47 Å². The zero-order valence-corrected chi connectivity index (χ0v) is 17.7. The third-order valence-electron chi connectivity index (χ3n) is 3.93. The minimum atomic E-state index is -0.504.